The van der Waals surface area contributed by atoms with E-state index in [-0.39, 0.29) is 24.5 Å². The molecule has 22 heavy (non-hydrogen) atoms. The summed E-state index contributed by atoms with van der Waals surface area (Å²) >= 11 is 0. The summed E-state index contributed by atoms with van der Waals surface area (Å²) in [4.78, 5) is 33.4. The molecule has 1 aliphatic carbocycles. The van der Waals surface area contributed by atoms with Crippen LogP contribution in [0.2, 0.25) is 0 Å². The molecule has 1 aliphatic rings. The number of hydrogen-bond donors (Lipinski definition) is 1. The predicted molar refractivity (Wildman–Crippen MR) is 73.5 cm³/mol. The zero-order valence-corrected chi connectivity index (χ0v) is 11.9. The second-order valence-electron chi connectivity index (χ2n) is 5.23. The average molecular weight is 310 g/mol. The normalized spacial score (nSPS) is 15.0. The van der Waals surface area contributed by atoms with Gasteiger partial charge in [0.05, 0.1) is 23.9 Å². The van der Waals surface area contributed by atoms with Gasteiger partial charge in [-0.25, -0.2) is 0 Å². The number of esters is 1. The maximum Gasteiger partial charge on any atom is 0.313 e. The van der Waals surface area contributed by atoms with Crippen molar-refractivity contribution in [1.29, 1.82) is 0 Å². The Morgan fingerprint density at radius 3 is 2.68 bits per heavy atom. The van der Waals surface area contributed by atoms with E-state index >= 15 is 0 Å². The van der Waals surface area contributed by atoms with Crippen LogP contribution in [0.3, 0.4) is 0 Å². The molecular formula is C14H15FN2O5. The Morgan fingerprint density at radius 2 is 2.14 bits per heavy atom. The maximum atomic E-state index is 13.5. The first-order valence-corrected chi connectivity index (χ1v) is 6.66. The molecule has 0 aliphatic heterocycles. The second-order valence-corrected chi connectivity index (χ2v) is 5.23. The van der Waals surface area contributed by atoms with Crippen molar-refractivity contribution in [2.75, 3.05) is 13.7 Å². The minimum Gasteiger partial charge on any atom is -0.469 e. The van der Waals surface area contributed by atoms with Crippen LogP contribution < -0.4 is 5.32 Å². The van der Waals surface area contributed by atoms with Gasteiger partial charge in [-0.15, -0.1) is 0 Å². The molecule has 1 fully saturated rings. The number of methoxy groups -OCH3 is 1. The molecule has 8 heteroatoms. The molecule has 0 bridgehead atoms. The van der Waals surface area contributed by atoms with Gasteiger partial charge >= 0.3 is 11.7 Å². The van der Waals surface area contributed by atoms with E-state index in [1.807, 2.05) is 0 Å². The molecule has 1 saturated carbocycles. The molecule has 0 radical (unpaired) electrons. The Morgan fingerprint density at radius 1 is 1.45 bits per heavy atom. The van der Waals surface area contributed by atoms with E-state index in [9.17, 15) is 24.1 Å². The van der Waals surface area contributed by atoms with Crippen molar-refractivity contribution in [3.63, 3.8) is 0 Å². The Kier molecular flexibility index (Phi) is 4.39. The number of benzene rings is 1. The number of nitrogens with zero attached hydrogens (tertiary/aromatic N) is 1. The van der Waals surface area contributed by atoms with Crippen LogP contribution >= 0.6 is 0 Å². The Balaban J connectivity index is 2.00. The standard InChI is InChI=1S/C14H15FN2O5/c1-22-13(19)14(5-6-14)8-16-11(18)7-9-3-2-4-10(15)12(9)17(20)21/h2-4H,5-8H2,1H3,(H,16,18). The van der Waals surface area contributed by atoms with Gasteiger partial charge in [-0.05, 0) is 18.9 Å². The summed E-state index contributed by atoms with van der Waals surface area (Å²) < 4.78 is 18.1. The van der Waals surface area contributed by atoms with Crippen molar-refractivity contribution in [3.8, 4) is 0 Å². The van der Waals surface area contributed by atoms with Gasteiger partial charge in [0, 0.05) is 12.1 Å². The molecule has 0 spiro atoms. The van der Waals surface area contributed by atoms with Crippen molar-refractivity contribution in [2.45, 2.75) is 19.3 Å². The first-order chi connectivity index (χ1) is 10.4. The van der Waals surface area contributed by atoms with E-state index < -0.39 is 27.8 Å². The molecule has 1 aromatic carbocycles. The highest BCUT2D eigenvalue weighted by atomic mass is 19.1. The lowest BCUT2D eigenvalue weighted by atomic mass is 10.1. The van der Waals surface area contributed by atoms with Gasteiger partial charge in [-0.1, -0.05) is 12.1 Å². The van der Waals surface area contributed by atoms with Gasteiger partial charge in [-0.3, -0.25) is 19.7 Å². The molecular weight excluding hydrogens is 295 g/mol. The highest BCUT2D eigenvalue weighted by Gasteiger charge is 2.51. The van der Waals surface area contributed by atoms with Gasteiger partial charge in [0.25, 0.3) is 0 Å². The van der Waals surface area contributed by atoms with Gasteiger partial charge < -0.3 is 10.1 Å². The molecule has 0 atom stereocenters. The van der Waals surface area contributed by atoms with Gasteiger partial charge in [0.1, 0.15) is 0 Å². The zero-order valence-electron chi connectivity index (χ0n) is 11.9. The zero-order chi connectivity index (χ0) is 16.3. The third-order valence-corrected chi connectivity index (χ3v) is 3.70. The van der Waals surface area contributed by atoms with Crippen LogP contribution in [0.4, 0.5) is 10.1 Å². The molecule has 2 rings (SSSR count). The summed E-state index contributed by atoms with van der Waals surface area (Å²) in [5.41, 5.74) is -1.39. The fourth-order valence-corrected chi connectivity index (χ4v) is 2.23. The summed E-state index contributed by atoms with van der Waals surface area (Å²) in [6.45, 7) is 0.113. The van der Waals surface area contributed by atoms with Gasteiger partial charge in [-0.2, -0.15) is 4.39 Å². The number of amides is 1. The van der Waals surface area contributed by atoms with Crippen molar-refractivity contribution in [3.05, 3.63) is 39.7 Å². The summed E-state index contributed by atoms with van der Waals surface area (Å²) in [6, 6.07) is 3.60. The largest absolute Gasteiger partial charge is 0.469 e. The number of rotatable bonds is 6. The predicted octanol–water partition coefficient (Wildman–Crippen LogP) is 1.35. The summed E-state index contributed by atoms with van der Waals surface area (Å²) in [5.74, 6) is -1.88. The van der Waals surface area contributed by atoms with E-state index in [2.05, 4.69) is 10.1 Å². The van der Waals surface area contributed by atoms with Crippen LogP contribution in [0.1, 0.15) is 18.4 Å². The fourth-order valence-electron chi connectivity index (χ4n) is 2.23. The van der Waals surface area contributed by atoms with Crippen molar-refractivity contribution in [1.82, 2.24) is 5.32 Å². The molecule has 0 unspecified atom stereocenters. The molecule has 0 saturated heterocycles. The van der Waals surface area contributed by atoms with Crippen LogP contribution in [-0.2, 0) is 20.7 Å². The van der Waals surface area contributed by atoms with Crippen molar-refractivity contribution >= 4 is 17.6 Å². The lowest BCUT2D eigenvalue weighted by molar-refractivity contribution is -0.388. The third-order valence-electron chi connectivity index (χ3n) is 3.70. The quantitative estimate of drug-likeness (QED) is 0.486. The van der Waals surface area contributed by atoms with E-state index in [0.717, 1.165) is 6.07 Å². The first kappa shape index (κ1) is 15.9. The van der Waals surface area contributed by atoms with Crippen molar-refractivity contribution in [2.24, 2.45) is 5.41 Å². The number of carbonyl (C=O) groups excluding carboxylic acids is 2. The third kappa shape index (κ3) is 3.21. The number of halogens is 1. The lowest BCUT2D eigenvalue weighted by Crippen LogP contribution is -2.35. The van der Waals surface area contributed by atoms with Crippen LogP contribution in [0.15, 0.2) is 18.2 Å². The van der Waals surface area contributed by atoms with E-state index in [4.69, 9.17) is 0 Å². The van der Waals surface area contributed by atoms with E-state index in [1.165, 1.54) is 19.2 Å². The summed E-state index contributed by atoms with van der Waals surface area (Å²) in [7, 11) is 1.28. The lowest BCUT2D eigenvalue weighted by Gasteiger charge is -2.13. The molecule has 7 nitrogen and oxygen atoms in total. The monoisotopic (exact) mass is 310 g/mol. The molecule has 1 amide bonds. The van der Waals surface area contributed by atoms with Crippen LogP contribution in [0, 0.1) is 21.3 Å². The van der Waals surface area contributed by atoms with Crippen molar-refractivity contribution < 1.29 is 23.6 Å². The Labute approximate surface area is 125 Å². The number of ether oxygens (including phenoxy) is 1. The average Bonchev–Trinajstić information content (AvgIpc) is 3.25. The SMILES string of the molecule is COC(=O)C1(CNC(=O)Cc2cccc(F)c2[N+](=O)[O-])CC1. The summed E-state index contributed by atoms with van der Waals surface area (Å²) in [5, 5.41) is 13.4. The number of carbonyl (C=O) groups is 2. The Bertz CT molecular complexity index is 628. The smallest absolute Gasteiger partial charge is 0.313 e. The summed E-state index contributed by atoms with van der Waals surface area (Å²) in [6.07, 6.45) is 0.922. The van der Waals surface area contributed by atoms with Gasteiger partial charge in [0.15, 0.2) is 0 Å². The molecule has 1 N–H and O–H groups in total. The second kappa shape index (κ2) is 6.08. The number of nitro groups is 1. The van der Waals surface area contributed by atoms with Gasteiger partial charge in [0.2, 0.25) is 11.7 Å². The highest BCUT2D eigenvalue weighted by Crippen LogP contribution is 2.46. The molecule has 118 valence electrons. The molecule has 0 heterocycles. The first-order valence-electron chi connectivity index (χ1n) is 6.66. The maximum absolute atomic E-state index is 13.5. The van der Waals surface area contributed by atoms with E-state index in [0.29, 0.717) is 12.8 Å². The molecule has 1 aromatic rings. The van der Waals surface area contributed by atoms with E-state index in [1.54, 1.807) is 0 Å². The number of nitrogens with one attached hydrogen (secondary N) is 1. The Hall–Kier alpha value is -2.51. The topological polar surface area (TPSA) is 98.5 Å². The van der Waals surface area contributed by atoms with Crippen LogP contribution in [0.5, 0.6) is 0 Å². The van der Waals surface area contributed by atoms with Crippen LogP contribution in [0.25, 0.3) is 0 Å². The van der Waals surface area contributed by atoms with Crippen LogP contribution in [-0.4, -0.2) is 30.5 Å². The minimum absolute atomic E-state index is 0.00888. The fraction of sp³-hybridized carbons (Fsp3) is 0.429. The number of nitro benzene ring substituents is 1. The minimum atomic E-state index is -0.983. The number of hydrogen-bond acceptors (Lipinski definition) is 5. The highest BCUT2D eigenvalue weighted by molar-refractivity contribution is 5.83. The number of para-hydroxylation sites is 1. The molecule has 0 aromatic heterocycles.